The van der Waals surface area contributed by atoms with Crippen LogP contribution >= 0.6 is 0 Å². The summed E-state index contributed by atoms with van der Waals surface area (Å²) in [5, 5.41) is 0. The lowest BCUT2D eigenvalue weighted by atomic mass is 10.1. The molecule has 0 radical (unpaired) electrons. The summed E-state index contributed by atoms with van der Waals surface area (Å²) < 4.78 is 16.8. The van der Waals surface area contributed by atoms with Gasteiger partial charge in [0, 0.05) is 19.3 Å². The quantitative estimate of drug-likeness (QED) is 0.0261. The van der Waals surface area contributed by atoms with E-state index in [1.54, 1.807) is 0 Å². The van der Waals surface area contributed by atoms with Crippen LogP contribution in [0.3, 0.4) is 0 Å². The Morgan fingerprint density at radius 1 is 0.288 bits per heavy atom. The minimum atomic E-state index is -0.814. The Labute approximate surface area is 451 Å². The van der Waals surface area contributed by atoms with Gasteiger partial charge in [0.1, 0.15) is 13.2 Å². The number of rotatable bonds is 55. The third-order valence-electron chi connectivity index (χ3n) is 13.1. The van der Waals surface area contributed by atoms with Gasteiger partial charge in [-0.3, -0.25) is 14.4 Å². The van der Waals surface area contributed by atoms with Crippen molar-refractivity contribution in [3.05, 3.63) is 97.2 Å². The number of allylic oxidation sites excluding steroid dienone is 16. The molecule has 0 aliphatic heterocycles. The Morgan fingerprint density at radius 3 is 0.918 bits per heavy atom. The molecule has 0 aliphatic carbocycles. The Kier molecular flexibility index (Phi) is 57.8. The minimum Gasteiger partial charge on any atom is -0.462 e. The zero-order chi connectivity index (χ0) is 52.9. The maximum Gasteiger partial charge on any atom is 0.306 e. The molecule has 0 amide bonds. The molecule has 0 aromatic carbocycles. The molecule has 0 aliphatic rings. The summed E-state index contributed by atoms with van der Waals surface area (Å²) in [6, 6.07) is 0. The molecule has 0 saturated heterocycles. The molecule has 0 aromatic heterocycles. The molecule has 0 rings (SSSR count). The van der Waals surface area contributed by atoms with Gasteiger partial charge in [0.25, 0.3) is 0 Å². The second kappa shape index (κ2) is 60.9. The molecule has 6 heteroatoms. The van der Waals surface area contributed by atoms with E-state index >= 15 is 0 Å². The van der Waals surface area contributed by atoms with Crippen molar-refractivity contribution in [2.45, 2.75) is 297 Å². The summed E-state index contributed by atoms with van der Waals surface area (Å²) >= 11 is 0. The smallest absolute Gasteiger partial charge is 0.306 e. The van der Waals surface area contributed by atoms with Gasteiger partial charge in [-0.05, 0) is 109 Å². The van der Waals surface area contributed by atoms with E-state index in [0.717, 1.165) is 77.0 Å². The van der Waals surface area contributed by atoms with E-state index in [1.807, 2.05) is 6.08 Å². The predicted octanol–water partition coefficient (Wildman–Crippen LogP) is 20.9. The third-order valence-corrected chi connectivity index (χ3v) is 13.1. The van der Waals surface area contributed by atoms with E-state index in [1.165, 1.54) is 167 Å². The lowest BCUT2D eigenvalue weighted by Gasteiger charge is -2.18. The van der Waals surface area contributed by atoms with Crippen molar-refractivity contribution in [3.8, 4) is 0 Å². The van der Waals surface area contributed by atoms with Gasteiger partial charge in [-0.2, -0.15) is 0 Å². The molecular weight excluding hydrogens is 901 g/mol. The molecule has 0 bridgehead atoms. The zero-order valence-electron chi connectivity index (χ0n) is 47.9. The highest BCUT2D eigenvalue weighted by Gasteiger charge is 2.19. The second-order valence-electron chi connectivity index (χ2n) is 20.2. The van der Waals surface area contributed by atoms with E-state index in [2.05, 4.69) is 112 Å². The van der Waals surface area contributed by atoms with Crippen molar-refractivity contribution in [1.82, 2.24) is 0 Å². The van der Waals surface area contributed by atoms with Crippen LogP contribution in [-0.4, -0.2) is 37.2 Å². The van der Waals surface area contributed by atoms with Crippen LogP contribution in [0.15, 0.2) is 97.2 Å². The Hall–Kier alpha value is -3.67. The predicted molar refractivity (Wildman–Crippen MR) is 316 cm³/mol. The molecule has 0 heterocycles. The van der Waals surface area contributed by atoms with Crippen LogP contribution in [0.1, 0.15) is 290 Å². The molecular formula is C67H114O6. The summed E-state index contributed by atoms with van der Waals surface area (Å²) in [6.07, 6.45) is 81.3. The van der Waals surface area contributed by atoms with Crippen LogP contribution in [-0.2, 0) is 28.6 Å². The van der Waals surface area contributed by atoms with Crippen LogP contribution in [0.25, 0.3) is 0 Å². The van der Waals surface area contributed by atoms with Gasteiger partial charge >= 0.3 is 17.9 Å². The van der Waals surface area contributed by atoms with E-state index in [0.29, 0.717) is 19.3 Å². The van der Waals surface area contributed by atoms with Crippen molar-refractivity contribution in [2.24, 2.45) is 0 Å². The van der Waals surface area contributed by atoms with Gasteiger partial charge in [0.2, 0.25) is 0 Å². The average molecular weight is 1020 g/mol. The molecule has 73 heavy (non-hydrogen) atoms. The number of carbonyl (C=O) groups excluding carboxylic acids is 3. The van der Waals surface area contributed by atoms with Crippen LogP contribution < -0.4 is 0 Å². The Balaban J connectivity index is 4.50. The largest absolute Gasteiger partial charge is 0.462 e. The van der Waals surface area contributed by atoms with Crippen molar-refractivity contribution in [3.63, 3.8) is 0 Å². The fourth-order valence-corrected chi connectivity index (χ4v) is 8.46. The summed E-state index contributed by atoms with van der Waals surface area (Å²) in [7, 11) is 0. The second-order valence-corrected chi connectivity index (χ2v) is 20.2. The highest BCUT2D eigenvalue weighted by atomic mass is 16.6. The molecule has 0 unspecified atom stereocenters. The van der Waals surface area contributed by atoms with E-state index < -0.39 is 6.10 Å². The van der Waals surface area contributed by atoms with Gasteiger partial charge in [-0.25, -0.2) is 0 Å². The molecule has 0 fully saturated rings. The standard InChI is InChI=1S/C67H114O6/c1-4-7-10-13-16-19-22-25-28-31-33-36-39-42-45-48-51-54-57-60-66(69)72-63-64(62-71-65(68)59-56-53-50-47-44-41-38-35-30-27-24-21-18-15-12-9-6-3)73-67(70)61-58-55-52-49-46-43-40-37-34-32-29-26-23-20-17-14-11-8-5-2/h7,10,16,19,25,27-28,30,32-34,36,42,45,51,54,64H,4-6,8-9,11-15,17-18,20-24,26,29,31,35,37-41,43-44,46-50,52-53,55-63H2,1-3H3/b10-7-,19-16-,28-25-,30-27-,34-32-,36-33-,45-42-,54-51-/t64-/m1/s1. The first-order chi connectivity index (χ1) is 36.0. The van der Waals surface area contributed by atoms with Crippen LogP contribution in [0.5, 0.6) is 0 Å². The summed E-state index contributed by atoms with van der Waals surface area (Å²) in [5.41, 5.74) is 0. The Bertz CT molecular complexity index is 1440. The van der Waals surface area contributed by atoms with Gasteiger partial charge in [-0.1, -0.05) is 259 Å². The molecule has 0 N–H and O–H groups in total. The Morgan fingerprint density at radius 2 is 0.562 bits per heavy atom. The lowest BCUT2D eigenvalue weighted by Crippen LogP contribution is -2.30. The number of ether oxygens (including phenoxy) is 3. The molecule has 0 aromatic rings. The van der Waals surface area contributed by atoms with Crippen molar-refractivity contribution >= 4 is 17.9 Å². The lowest BCUT2D eigenvalue weighted by molar-refractivity contribution is -0.166. The molecule has 1 atom stereocenters. The van der Waals surface area contributed by atoms with Gasteiger partial charge < -0.3 is 14.2 Å². The number of unbranched alkanes of at least 4 members (excludes halogenated alkanes) is 28. The highest BCUT2D eigenvalue weighted by Crippen LogP contribution is 2.15. The SMILES string of the molecule is CC/C=C\C/C=C\C/C=C\C/C=C\C/C=C\C/C=C\CCC(=O)OC[C@@H](COC(=O)CCCCCCCCC/C=C\CCCCCCCC)OC(=O)CCCCCCCCC/C=C\CCCCCCCCCC. The fourth-order valence-electron chi connectivity index (χ4n) is 8.46. The normalized spacial score (nSPS) is 12.8. The van der Waals surface area contributed by atoms with Crippen molar-refractivity contribution in [1.29, 1.82) is 0 Å². The van der Waals surface area contributed by atoms with Crippen LogP contribution in [0, 0.1) is 0 Å². The number of carbonyl (C=O) groups is 3. The van der Waals surface area contributed by atoms with E-state index in [4.69, 9.17) is 14.2 Å². The van der Waals surface area contributed by atoms with Crippen LogP contribution in [0.2, 0.25) is 0 Å². The monoisotopic (exact) mass is 1010 g/mol. The topological polar surface area (TPSA) is 78.9 Å². The molecule has 0 spiro atoms. The van der Waals surface area contributed by atoms with Crippen LogP contribution in [0.4, 0.5) is 0 Å². The summed E-state index contributed by atoms with van der Waals surface area (Å²) in [5.74, 6) is -0.993. The average Bonchev–Trinajstić information content (AvgIpc) is 3.39. The first kappa shape index (κ1) is 69.3. The molecule has 0 saturated carbocycles. The number of hydrogen-bond acceptors (Lipinski definition) is 6. The minimum absolute atomic E-state index is 0.104. The number of esters is 3. The fraction of sp³-hybridized carbons (Fsp3) is 0.716. The molecule has 418 valence electrons. The van der Waals surface area contributed by atoms with Gasteiger partial charge in [0.15, 0.2) is 6.10 Å². The van der Waals surface area contributed by atoms with Gasteiger partial charge in [-0.15, -0.1) is 0 Å². The zero-order valence-corrected chi connectivity index (χ0v) is 47.9. The highest BCUT2D eigenvalue weighted by molar-refractivity contribution is 5.71. The van der Waals surface area contributed by atoms with Crippen molar-refractivity contribution < 1.29 is 28.6 Å². The first-order valence-electron chi connectivity index (χ1n) is 30.7. The third kappa shape index (κ3) is 59.1. The summed E-state index contributed by atoms with van der Waals surface area (Å²) in [4.78, 5) is 38.2. The number of hydrogen-bond donors (Lipinski definition) is 0. The van der Waals surface area contributed by atoms with E-state index in [9.17, 15) is 14.4 Å². The van der Waals surface area contributed by atoms with E-state index in [-0.39, 0.29) is 37.5 Å². The van der Waals surface area contributed by atoms with Gasteiger partial charge in [0.05, 0.1) is 0 Å². The maximum atomic E-state index is 12.9. The van der Waals surface area contributed by atoms with Crippen molar-refractivity contribution in [2.75, 3.05) is 13.2 Å². The molecule has 6 nitrogen and oxygen atoms in total. The first-order valence-corrected chi connectivity index (χ1v) is 30.7. The summed E-state index contributed by atoms with van der Waals surface area (Å²) in [6.45, 7) is 6.47. The maximum absolute atomic E-state index is 12.9.